The third kappa shape index (κ3) is 6.31. The van der Waals surface area contributed by atoms with E-state index in [1.165, 1.54) is 11.8 Å². The smallest absolute Gasteiger partial charge is 0.254 e. The zero-order valence-corrected chi connectivity index (χ0v) is 16.2. The number of nitrogens with zero attached hydrogens (tertiary/aromatic N) is 2. The number of carbonyl (C=O) groups is 3. The van der Waals surface area contributed by atoms with Gasteiger partial charge in [-0.15, -0.1) is 0 Å². The Hall–Kier alpha value is -2.45. The van der Waals surface area contributed by atoms with Crippen molar-refractivity contribution in [3.05, 3.63) is 35.9 Å². The second-order valence-corrected chi connectivity index (χ2v) is 6.95. The normalized spacial score (nSPS) is 16.8. The van der Waals surface area contributed by atoms with Gasteiger partial charge in [0.1, 0.15) is 0 Å². The minimum atomic E-state index is -1.82. The Labute approximate surface area is 165 Å². The average Bonchev–Trinajstić information content (AvgIpc) is 2.96. The fourth-order valence-electron chi connectivity index (χ4n) is 3.17. The van der Waals surface area contributed by atoms with E-state index in [1.807, 2.05) is 30.3 Å². The van der Waals surface area contributed by atoms with Gasteiger partial charge in [0, 0.05) is 39.6 Å². The number of hydrogen-bond acceptors (Lipinski definition) is 5. The first-order chi connectivity index (χ1) is 13.4. The molecule has 0 spiro atoms. The van der Waals surface area contributed by atoms with Crippen molar-refractivity contribution in [2.45, 2.75) is 38.4 Å². The molecule has 1 heterocycles. The van der Waals surface area contributed by atoms with Crippen LogP contribution in [0, 0.1) is 0 Å². The first-order valence-corrected chi connectivity index (χ1v) is 9.62. The minimum Gasteiger partial charge on any atom is -0.380 e. The van der Waals surface area contributed by atoms with Crippen LogP contribution in [-0.4, -0.2) is 82.7 Å². The molecule has 0 bridgehead atoms. The fraction of sp³-hybridized carbons (Fsp3) is 0.550. The maximum atomic E-state index is 12.4. The molecule has 1 fully saturated rings. The van der Waals surface area contributed by atoms with Crippen molar-refractivity contribution in [3.63, 3.8) is 0 Å². The molecule has 1 aromatic carbocycles. The maximum absolute atomic E-state index is 12.4. The standard InChI is InChI=1S/C20H29N3O5/c1-15(24)22-11-6-12-23(14-13-22)20(28)18(26)17(25)19(27)21-10-5-9-16-7-3-2-4-8-16/h2-4,7-8,17-18,25-26H,5-6,9-14H2,1H3,(H,21,27)/t17-,18-/m1/s1. The summed E-state index contributed by atoms with van der Waals surface area (Å²) in [7, 11) is 0. The molecule has 0 aromatic heterocycles. The van der Waals surface area contributed by atoms with Crippen molar-refractivity contribution in [2.24, 2.45) is 0 Å². The molecule has 1 aliphatic rings. The lowest BCUT2D eigenvalue weighted by Gasteiger charge is -2.25. The van der Waals surface area contributed by atoms with Gasteiger partial charge in [0.25, 0.3) is 11.8 Å². The van der Waals surface area contributed by atoms with Crippen LogP contribution >= 0.6 is 0 Å². The predicted molar refractivity (Wildman–Crippen MR) is 103 cm³/mol. The van der Waals surface area contributed by atoms with E-state index < -0.39 is 24.0 Å². The largest absolute Gasteiger partial charge is 0.380 e. The van der Waals surface area contributed by atoms with Gasteiger partial charge in [-0.1, -0.05) is 30.3 Å². The van der Waals surface area contributed by atoms with E-state index in [0.717, 1.165) is 12.0 Å². The number of amides is 3. The molecule has 0 aliphatic carbocycles. The molecular formula is C20H29N3O5. The average molecular weight is 391 g/mol. The van der Waals surface area contributed by atoms with E-state index in [4.69, 9.17) is 0 Å². The highest BCUT2D eigenvalue weighted by atomic mass is 16.3. The molecule has 1 aliphatic heterocycles. The first kappa shape index (κ1) is 21.8. The van der Waals surface area contributed by atoms with Gasteiger partial charge < -0.3 is 25.3 Å². The lowest BCUT2D eigenvalue weighted by Crippen LogP contribution is -2.51. The van der Waals surface area contributed by atoms with Crippen molar-refractivity contribution in [2.75, 3.05) is 32.7 Å². The van der Waals surface area contributed by atoms with E-state index in [9.17, 15) is 24.6 Å². The Balaban J connectivity index is 1.76. The molecule has 8 nitrogen and oxygen atoms in total. The van der Waals surface area contributed by atoms with E-state index in [1.54, 1.807) is 4.90 Å². The van der Waals surface area contributed by atoms with Gasteiger partial charge in [0.05, 0.1) is 0 Å². The molecule has 3 amide bonds. The van der Waals surface area contributed by atoms with Gasteiger partial charge >= 0.3 is 0 Å². The van der Waals surface area contributed by atoms with Crippen molar-refractivity contribution in [1.82, 2.24) is 15.1 Å². The van der Waals surface area contributed by atoms with Crippen LogP contribution in [0.2, 0.25) is 0 Å². The molecule has 0 unspecified atom stereocenters. The lowest BCUT2D eigenvalue weighted by atomic mass is 10.1. The van der Waals surface area contributed by atoms with Gasteiger partial charge in [0.15, 0.2) is 12.2 Å². The van der Waals surface area contributed by atoms with E-state index in [2.05, 4.69) is 5.32 Å². The molecule has 2 rings (SSSR count). The van der Waals surface area contributed by atoms with E-state index in [0.29, 0.717) is 39.0 Å². The highest BCUT2D eigenvalue weighted by molar-refractivity contribution is 5.90. The maximum Gasteiger partial charge on any atom is 0.254 e. The highest BCUT2D eigenvalue weighted by Gasteiger charge is 2.34. The summed E-state index contributed by atoms with van der Waals surface area (Å²) in [6.07, 6.45) is -1.60. The Morgan fingerprint density at radius 1 is 1.00 bits per heavy atom. The summed E-state index contributed by atoms with van der Waals surface area (Å²) in [4.78, 5) is 38.9. The Bertz CT molecular complexity index is 667. The van der Waals surface area contributed by atoms with Crippen molar-refractivity contribution >= 4 is 17.7 Å². The molecule has 1 aromatic rings. The fourth-order valence-corrected chi connectivity index (χ4v) is 3.17. The van der Waals surface area contributed by atoms with Crippen LogP contribution in [-0.2, 0) is 20.8 Å². The summed E-state index contributed by atoms with van der Waals surface area (Å²) in [5.41, 5.74) is 1.15. The summed E-state index contributed by atoms with van der Waals surface area (Å²) in [6.45, 7) is 3.35. The van der Waals surface area contributed by atoms with Crippen molar-refractivity contribution in [1.29, 1.82) is 0 Å². The number of hydrogen-bond donors (Lipinski definition) is 3. The number of carbonyl (C=O) groups excluding carboxylic acids is 3. The Kier molecular flexibility index (Phi) is 8.41. The molecule has 8 heteroatoms. The van der Waals surface area contributed by atoms with Crippen LogP contribution in [0.4, 0.5) is 0 Å². The highest BCUT2D eigenvalue weighted by Crippen LogP contribution is 2.08. The van der Waals surface area contributed by atoms with Gasteiger partial charge in [-0.3, -0.25) is 14.4 Å². The number of rotatable bonds is 7. The summed E-state index contributed by atoms with van der Waals surface area (Å²) in [5, 5.41) is 22.7. The SMILES string of the molecule is CC(=O)N1CCCN(C(=O)[C@H](O)[C@@H](O)C(=O)NCCCc2ccccc2)CC1. The summed E-state index contributed by atoms with van der Waals surface area (Å²) < 4.78 is 0. The van der Waals surface area contributed by atoms with Crippen LogP contribution in [0.25, 0.3) is 0 Å². The van der Waals surface area contributed by atoms with Crippen LogP contribution in [0.15, 0.2) is 30.3 Å². The molecule has 28 heavy (non-hydrogen) atoms. The predicted octanol–water partition coefficient (Wildman–Crippen LogP) is -0.462. The summed E-state index contributed by atoms with van der Waals surface area (Å²) in [6, 6.07) is 9.80. The molecule has 154 valence electrons. The van der Waals surface area contributed by atoms with Crippen molar-refractivity contribution in [3.8, 4) is 0 Å². The summed E-state index contributed by atoms with van der Waals surface area (Å²) >= 11 is 0. The summed E-state index contributed by atoms with van der Waals surface area (Å²) in [5.74, 6) is -1.53. The topological polar surface area (TPSA) is 110 Å². The number of nitrogens with one attached hydrogen (secondary N) is 1. The van der Waals surface area contributed by atoms with E-state index >= 15 is 0 Å². The molecular weight excluding hydrogens is 362 g/mol. The van der Waals surface area contributed by atoms with Gasteiger partial charge in [0.2, 0.25) is 5.91 Å². The molecule has 0 saturated carbocycles. The van der Waals surface area contributed by atoms with Crippen molar-refractivity contribution < 1.29 is 24.6 Å². The third-order valence-electron chi connectivity index (χ3n) is 4.86. The molecule has 2 atom stereocenters. The number of aryl methyl sites for hydroxylation is 1. The molecule has 1 saturated heterocycles. The van der Waals surface area contributed by atoms with Gasteiger partial charge in [-0.25, -0.2) is 0 Å². The van der Waals surface area contributed by atoms with Gasteiger partial charge in [-0.05, 0) is 24.8 Å². The van der Waals surface area contributed by atoms with Gasteiger partial charge in [-0.2, -0.15) is 0 Å². The van der Waals surface area contributed by atoms with Crippen LogP contribution in [0.5, 0.6) is 0 Å². The van der Waals surface area contributed by atoms with Crippen LogP contribution < -0.4 is 5.32 Å². The third-order valence-corrected chi connectivity index (χ3v) is 4.86. The zero-order chi connectivity index (χ0) is 20.5. The quantitative estimate of drug-likeness (QED) is 0.545. The number of aliphatic hydroxyl groups excluding tert-OH is 2. The lowest BCUT2D eigenvalue weighted by molar-refractivity contribution is -0.153. The first-order valence-electron chi connectivity index (χ1n) is 9.62. The molecule has 3 N–H and O–H groups in total. The number of benzene rings is 1. The second-order valence-electron chi connectivity index (χ2n) is 6.95. The van der Waals surface area contributed by atoms with E-state index in [-0.39, 0.29) is 12.5 Å². The zero-order valence-electron chi connectivity index (χ0n) is 16.2. The monoisotopic (exact) mass is 391 g/mol. The van der Waals surface area contributed by atoms with Crippen LogP contribution in [0.3, 0.4) is 0 Å². The Morgan fingerprint density at radius 2 is 1.64 bits per heavy atom. The molecule has 0 radical (unpaired) electrons. The Morgan fingerprint density at radius 3 is 2.32 bits per heavy atom. The number of aliphatic hydroxyl groups is 2. The second kappa shape index (κ2) is 10.8. The van der Waals surface area contributed by atoms with Crippen LogP contribution in [0.1, 0.15) is 25.3 Å². The minimum absolute atomic E-state index is 0.0650.